The van der Waals surface area contributed by atoms with E-state index >= 15 is 0 Å². The van der Waals surface area contributed by atoms with Crippen LogP contribution >= 0.6 is 15.9 Å². The van der Waals surface area contributed by atoms with Crippen molar-refractivity contribution >= 4 is 27.5 Å². The Morgan fingerprint density at radius 3 is 2.83 bits per heavy atom. The Morgan fingerprint density at radius 1 is 1.26 bits per heavy atom. The fourth-order valence-corrected chi connectivity index (χ4v) is 2.34. The van der Waals surface area contributed by atoms with Crippen molar-refractivity contribution < 1.29 is 14.3 Å². The molecule has 0 aliphatic rings. The largest absolute Gasteiger partial charge is 0.493 e. The van der Waals surface area contributed by atoms with E-state index in [1.165, 1.54) is 0 Å². The standard InChI is InChI=1S/C18H18BrNO3/c1-3-10-23-15-7-5-6-14(12-15)20-18(21)16-11-13(19)8-9-17(16)22-4-2/h3,5-9,11-12H,1,4,10H2,2H3,(H,20,21). The van der Waals surface area contributed by atoms with E-state index in [2.05, 4.69) is 27.8 Å². The van der Waals surface area contributed by atoms with Crippen LogP contribution in [0, 0.1) is 0 Å². The molecule has 23 heavy (non-hydrogen) atoms. The van der Waals surface area contributed by atoms with E-state index in [-0.39, 0.29) is 5.91 Å². The first-order chi connectivity index (χ1) is 11.1. The molecule has 0 spiro atoms. The van der Waals surface area contributed by atoms with Crippen LogP contribution in [-0.4, -0.2) is 19.1 Å². The fourth-order valence-electron chi connectivity index (χ4n) is 1.98. The van der Waals surface area contributed by atoms with Crippen molar-refractivity contribution in [2.45, 2.75) is 6.92 Å². The van der Waals surface area contributed by atoms with E-state index in [0.717, 1.165) is 4.47 Å². The van der Waals surface area contributed by atoms with Gasteiger partial charge in [0.05, 0.1) is 12.2 Å². The summed E-state index contributed by atoms with van der Waals surface area (Å²) in [5.74, 6) is 0.977. The van der Waals surface area contributed by atoms with Crippen molar-refractivity contribution in [3.63, 3.8) is 0 Å². The van der Waals surface area contributed by atoms with Gasteiger partial charge in [0.1, 0.15) is 18.1 Å². The van der Waals surface area contributed by atoms with Crippen molar-refractivity contribution in [3.05, 3.63) is 65.2 Å². The number of carbonyl (C=O) groups is 1. The Balaban J connectivity index is 2.18. The summed E-state index contributed by atoms with van der Waals surface area (Å²) in [6.45, 7) is 6.39. The molecule has 1 N–H and O–H groups in total. The summed E-state index contributed by atoms with van der Waals surface area (Å²) in [6, 6.07) is 12.6. The highest BCUT2D eigenvalue weighted by Gasteiger charge is 2.13. The molecule has 4 nitrogen and oxygen atoms in total. The predicted molar refractivity (Wildman–Crippen MR) is 95.4 cm³/mol. The van der Waals surface area contributed by atoms with Crippen LogP contribution in [0.1, 0.15) is 17.3 Å². The smallest absolute Gasteiger partial charge is 0.259 e. The number of hydrogen-bond acceptors (Lipinski definition) is 3. The Hall–Kier alpha value is -2.27. The van der Waals surface area contributed by atoms with Crippen molar-refractivity contribution in [3.8, 4) is 11.5 Å². The Labute approximate surface area is 144 Å². The first kappa shape index (κ1) is 17.1. The molecule has 0 saturated heterocycles. The first-order valence-corrected chi connectivity index (χ1v) is 8.00. The first-order valence-electron chi connectivity index (χ1n) is 7.21. The molecule has 0 atom stereocenters. The number of nitrogens with one attached hydrogen (secondary N) is 1. The normalized spacial score (nSPS) is 10.0. The summed E-state index contributed by atoms with van der Waals surface area (Å²) in [4.78, 5) is 12.5. The van der Waals surface area contributed by atoms with Crippen LogP contribution in [0.15, 0.2) is 59.6 Å². The number of hydrogen-bond donors (Lipinski definition) is 1. The van der Waals surface area contributed by atoms with E-state index in [1.807, 2.05) is 25.1 Å². The maximum atomic E-state index is 12.5. The molecular weight excluding hydrogens is 358 g/mol. The van der Waals surface area contributed by atoms with Crippen molar-refractivity contribution in [1.82, 2.24) is 0 Å². The minimum atomic E-state index is -0.240. The van der Waals surface area contributed by atoms with Gasteiger partial charge in [0, 0.05) is 16.2 Å². The topological polar surface area (TPSA) is 47.6 Å². The molecule has 1 amide bonds. The van der Waals surface area contributed by atoms with Gasteiger partial charge in [-0.25, -0.2) is 0 Å². The molecule has 2 aromatic carbocycles. The molecule has 0 unspecified atom stereocenters. The minimum absolute atomic E-state index is 0.240. The Kier molecular flexibility index (Phi) is 6.23. The van der Waals surface area contributed by atoms with E-state index in [0.29, 0.717) is 36.0 Å². The van der Waals surface area contributed by atoms with Crippen LogP contribution in [0.2, 0.25) is 0 Å². The molecule has 120 valence electrons. The summed E-state index contributed by atoms with van der Waals surface area (Å²) in [5, 5.41) is 2.86. The molecule has 2 aromatic rings. The van der Waals surface area contributed by atoms with E-state index < -0.39 is 0 Å². The van der Waals surface area contributed by atoms with Crippen LogP contribution in [0.5, 0.6) is 11.5 Å². The SMILES string of the molecule is C=CCOc1cccc(NC(=O)c2cc(Br)ccc2OCC)c1. The van der Waals surface area contributed by atoms with Crippen LogP contribution in [0.3, 0.4) is 0 Å². The minimum Gasteiger partial charge on any atom is -0.493 e. The molecule has 0 radical (unpaired) electrons. The molecular formula is C18H18BrNO3. The van der Waals surface area contributed by atoms with Crippen LogP contribution in [0.4, 0.5) is 5.69 Å². The molecule has 0 aliphatic heterocycles. The van der Waals surface area contributed by atoms with Gasteiger partial charge in [-0.05, 0) is 37.3 Å². The number of halogens is 1. The molecule has 0 heterocycles. The quantitative estimate of drug-likeness (QED) is 0.715. The summed E-state index contributed by atoms with van der Waals surface area (Å²) >= 11 is 3.38. The molecule has 5 heteroatoms. The summed E-state index contributed by atoms with van der Waals surface area (Å²) in [7, 11) is 0. The van der Waals surface area contributed by atoms with Crippen LogP contribution in [0.25, 0.3) is 0 Å². The third-order valence-electron chi connectivity index (χ3n) is 2.95. The maximum absolute atomic E-state index is 12.5. The van der Waals surface area contributed by atoms with E-state index in [4.69, 9.17) is 9.47 Å². The lowest BCUT2D eigenvalue weighted by Gasteiger charge is -2.12. The predicted octanol–water partition coefficient (Wildman–Crippen LogP) is 4.66. The van der Waals surface area contributed by atoms with Gasteiger partial charge < -0.3 is 14.8 Å². The molecule has 2 rings (SSSR count). The zero-order valence-corrected chi connectivity index (χ0v) is 14.4. The fraction of sp³-hybridized carbons (Fsp3) is 0.167. The highest BCUT2D eigenvalue weighted by Crippen LogP contribution is 2.25. The molecule has 0 saturated carbocycles. The number of ether oxygens (including phenoxy) is 2. The summed E-state index contributed by atoms with van der Waals surface area (Å²) < 4.78 is 11.8. The summed E-state index contributed by atoms with van der Waals surface area (Å²) in [6.07, 6.45) is 1.67. The van der Waals surface area contributed by atoms with Gasteiger partial charge in [-0.1, -0.05) is 34.7 Å². The van der Waals surface area contributed by atoms with Crippen LogP contribution < -0.4 is 14.8 Å². The second-order valence-corrected chi connectivity index (χ2v) is 5.57. The van der Waals surface area contributed by atoms with Crippen molar-refractivity contribution in [2.75, 3.05) is 18.5 Å². The lowest BCUT2D eigenvalue weighted by molar-refractivity contribution is 0.102. The molecule has 0 aromatic heterocycles. The number of benzene rings is 2. The van der Waals surface area contributed by atoms with Crippen LogP contribution in [-0.2, 0) is 0 Å². The second kappa shape index (κ2) is 8.39. The summed E-state index contributed by atoms with van der Waals surface area (Å²) in [5.41, 5.74) is 1.12. The highest BCUT2D eigenvalue weighted by atomic mass is 79.9. The van der Waals surface area contributed by atoms with Gasteiger partial charge >= 0.3 is 0 Å². The lowest BCUT2D eigenvalue weighted by atomic mass is 10.2. The second-order valence-electron chi connectivity index (χ2n) is 4.66. The zero-order chi connectivity index (χ0) is 16.7. The van der Waals surface area contributed by atoms with E-state index in [9.17, 15) is 4.79 Å². The Morgan fingerprint density at radius 2 is 2.09 bits per heavy atom. The van der Waals surface area contributed by atoms with Gasteiger partial charge in [0.15, 0.2) is 0 Å². The monoisotopic (exact) mass is 375 g/mol. The van der Waals surface area contributed by atoms with E-state index in [1.54, 1.807) is 30.3 Å². The van der Waals surface area contributed by atoms with Gasteiger partial charge in [0.25, 0.3) is 5.91 Å². The third-order valence-corrected chi connectivity index (χ3v) is 3.44. The maximum Gasteiger partial charge on any atom is 0.259 e. The average molecular weight is 376 g/mol. The van der Waals surface area contributed by atoms with Crippen molar-refractivity contribution in [1.29, 1.82) is 0 Å². The average Bonchev–Trinajstić information content (AvgIpc) is 2.55. The van der Waals surface area contributed by atoms with Gasteiger partial charge in [0.2, 0.25) is 0 Å². The highest BCUT2D eigenvalue weighted by molar-refractivity contribution is 9.10. The number of anilines is 1. The number of amides is 1. The van der Waals surface area contributed by atoms with Gasteiger partial charge in [-0.3, -0.25) is 4.79 Å². The zero-order valence-electron chi connectivity index (χ0n) is 12.8. The lowest BCUT2D eigenvalue weighted by Crippen LogP contribution is -2.14. The Bertz CT molecular complexity index is 700. The number of carbonyl (C=O) groups excluding carboxylic acids is 1. The van der Waals surface area contributed by atoms with Crippen molar-refractivity contribution in [2.24, 2.45) is 0 Å². The molecule has 0 bridgehead atoms. The molecule has 0 fully saturated rings. The van der Waals surface area contributed by atoms with Gasteiger partial charge in [-0.15, -0.1) is 0 Å². The van der Waals surface area contributed by atoms with Gasteiger partial charge in [-0.2, -0.15) is 0 Å². The number of rotatable bonds is 7. The molecule has 0 aliphatic carbocycles. The third kappa shape index (κ3) is 4.86.